The molecule has 0 spiro atoms. The predicted molar refractivity (Wildman–Crippen MR) is 98.4 cm³/mol. The number of aliphatic imine (C=N–C) groups is 1. The van der Waals surface area contributed by atoms with E-state index in [2.05, 4.69) is 36.3 Å². The lowest BCUT2D eigenvalue weighted by atomic mass is 10.1. The number of benzene rings is 2. The highest BCUT2D eigenvalue weighted by Crippen LogP contribution is 2.17. The van der Waals surface area contributed by atoms with Gasteiger partial charge >= 0.3 is 0 Å². The number of hydrogen-bond acceptors (Lipinski definition) is 3. The third-order valence-electron chi connectivity index (χ3n) is 3.55. The van der Waals surface area contributed by atoms with Gasteiger partial charge in [-0.05, 0) is 80.8 Å². The van der Waals surface area contributed by atoms with Gasteiger partial charge < -0.3 is 10.1 Å². The third kappa shape index (κ3) is 5.54. The van der Waals surface area contributed by atoms with E-state index < -0.39 is 0 Å². The number of nitrogens with zero attached hydrogens (tertiary/aromatic N) is 1. The van der Waals surface area contributed by atoms with Gasteiger partial charge in [0.05, 0.1) is 5.69 Å². The van der Waals surface area contributed by atoms with Gasteiger partial charge in [-0.1, -0.05) is 6.07 Å². The highest BCUT2D eigenvalue weighted by molar-refractivity contribution is 5.82. The second-order valence-electron chi connectivity index (χ2n) is 6.11. The smallest absolute Gasteiger partial charge is 0.258 e. The third-order valence-corrected chi connectivity index (χ3v) is 3.55. The van der Waals surface area contributed by atoms with E-state index in [1.54, 1.807) is 0 Å². The lowest BCUT2D eigenvalue weighted by molar-refractivity contribution is -0.123. The minimum atomic E-state index is -0.120. The highest BCUT2D eigenvalue weighted by atomic mass is 16.5. The lowest BCUT2D eigenvalue weighted by Gasteiger charge is -2.09. The maximum Gasteiger partial charge on any atom is 0.258 e. The Morgan fingerprint density at radius 2 is 1.83 bits per heavy atom. The summed E-state index contributed by atoms with van der Waals surface area (Å²) in [7, 11) is 0. The zero-order valence-electron chi connectivity index (χ0n) is 14.7. The molecule has 0 fully saturated rings. The summed E-state index contributed by atoms with van der Waals surface area (Å²) in [5, 5.41) is 2.79. The minimum Gasteiger partial charge on any atom is -0.484 e. The SMILES string of the molecule is Cc1ccc(N=Cc2ccc(OCC(=O)NC(C)C)cc2)cc1C. The fourth-order valence-electron chi connectivity index (χ4n) is 2.12. The van der Waals surface area contributed by atoms with Crippen molar-refractivity contribution in [3.05, 3.63) is 59.2 Å². The normalized spacial score (nSPS) is 11.0. The number of rotatable bonds is 6. The van der Waals surface area contributed by atoms with Crippen molar-refractivity contribution in [1.82, 2.24) is 5.32 Å². The zero-order chi connectivity index (χ0) is 17.5. The molecule has 0 unspecified atom stereocenters. The van der Waals surface area contributed by atoms with Gasteiger partial charge in [0, 0.05) is 12.3 Å². The Kier molecular flexibility index (Phi) is 6.13. The van der Waals surface area contributed by atoms with Crippen molar-refractivity contribution in [1.29, 1.82) is 0 Å². The lowest BCUT2D eigenvalue weighted by Crippen LogP contribution is -2.34. The average Bonchev–Trinajstić information content (AvgIpc) is 2.54. The summed E-state index contributed by atoms with van der Waals surface area (Å²) in [6.45, 7) is 8.02. The van der Waals surface area contributed by atoms with Crippen LogP contribution in [0.2, 0.25) is 0 Å². The molecule has 0 saturated carbocycles. The van der Waals surface area contributed by atoms with Crippen molar-refractivity contribution >= 4 is 17.8 Å². The van der Waals surface area contributed by atoms with Crippen molar-refractivity contribution in [2.75, 3.05) is 6.61 Å². The van der Waals surface area contributed by atoms with Crippen LogP contribution in [0.25, 0.3) is 0 Å². The fourth-order valence-corrected chi connectivity index (χ4v) is 2.12. The number of carbonyl (C=O) groups is 1. The molecule has 2 rings (SSSR count). The number of aryl methyl sites for hydroxylation is 2. The van der Waals surface area contributed by atoms with Crippen LogP contribution in [0.4, 0.5) is 5.69 Å². The summed E-state index contributed by atoms with van der Waals surface area (Å²) in [4.78, 5) is 16.0. The van der Waals surface area contributed by atoms with Crippen LogP contribution in [0.3, 0.4) is 0 Å². The van der Waals surface area contributed by atoms with Crippen LogP contribution in [-0.4, -0.2) is 24.8 Å². The van der Waals surface area contributed by atoms with Crippen molar-refractivity contribution in [3.63, 3.8) is 0 Å². The van der Waals surface area contributed by atoms with E-state index in [4.69, 9.17) is 4.74 Å². The van der Waals surface area contributed by atoms with Gasteiger partial charge in [0.15, 0.2) is 6.61 Å². The van der Waals surface area contributed by atoms with Gasteiger partial charge in [-0.3, -0.25) is 9.79 Å². The standard InChI is InChI=1S/C20H24N2O2/c1-14(2)22-20(23)13-24-19-9-6-17(7-10-19)12-21-18-8-5-15(3)16(4)11-18/h5-12,14H,13H2,1-4H3,(H,22,23). The molecule has 0 aliphatic heterocycles. The molecule has 0 aliphatic carbocycles. The van der Waals surface area contributed by atoms with Gasteiger partial charge in [-0.2, -0.15) is 0 Å². The van der Waals surface area contributed by atoms with Crippen LogP contribution in [0.15, 0.2) is 47.5 Å². The summed E-state index contributed by atoms with van der Waals surface area (Å²) in [6, 6.07) is 13.8. The molecule has 2 aromatic carbocycles. The molecular weight excluding hydrogens is 300 g/mol. The van der Waals surface area contributed by atoms with E-state index in [0.29, 0.717) is 5.75 Å². The topological polar surface area (TPSA) is 50.7 Å². The predicted octanol–water partition coefficient (Wildman–Crippen LogP) is 3.96. The van der Waals surface area contributed by atoms with Crippen LogP contribution in [0.5, 0.6) is 5.75 Å². The van der Waals surface area contributed by atoms with Crippen LogP contribution in [0.1, 0.15) is 30.5 Å². The Balaban J connectivity index is 1.93. The first-order valence-electron chi connectivity index (χ1n) is 8.07. The highest BCUT2D eigenvalue weighted by Gasteiger charge is 2.04. The van der Waals surface area contributed by atoms with Crippen molar-refractivity contribution in [2.24, 2.45) is 4.99 Å². The Morgan fingerprint density at radius 1 is 1.12 bits per heavy atom. The Labute approximate surface area is 143 Å². The number of nitrogens with one attached hydrogen (secondary N) is 1. The number of carbonyl (C=O) groups excluding carboxylic acids is 1. The van der Waals surface area contributed by atoms with Crippen LogP contribution in [0, 0.1) is 13.8 Å². The molecular formula is C20H24N2O2. The number of hydrogen-bond donors (Lipinski definition) is 1. The Morgan fingerprint density at radius 3 is 2.46 bits per heavy atom. The summed E-state index contributed by atoms with van der Waals surface area (Å²) in [6.07, 6.45) is 1.82. The first-order valence-corrected chi connectivity index (χ1v) is 8.07. The summed E-state index contributed by atoms with van der Waals surface area (Å²) >= 11 is 0. The number of ether oxygens (including phenoxy) is 1. The van der Waals surface area contributed by atoms with Crippen LogP contribution < -0.4 is 10.1 Å². The molecule has 4 nitrogen and oxygen atoms in total. The zero-order valence-corrected chi connectivity index (χ0v) is 14.7. The molecule has 1 N–H and O–H groups in total. The number of amides is 1. The van der Waals surface area contributed by atoms with E-state index >= 15 is 0 Å². The van der Waals surface area contributed by atoms with Crippen LogP contribution in [-0.2, 0) is 4.79 Å². The van der Waals surface area contributed by atoms with Gasteiger partial charge in [0.25, 0.3) is 5.91 Å². The summed E-state index contributed by atoms with van der Waals surface area (Å²) in [5.41, 5.74) is 4.40. The molecule has 24 heavy (non-hydrogen) atoms. The Hall–Kier alpha value is -2.62. The fraction of sp³-hybridized carbons (Fsp3) is 0.300. The van der Waals surface area contributed by atoms with E-state index in [1.807, 2.05) is 50.4 Å². The molecule has 0 atom stereocenters. The van der Waals surface area contributed by atoms with E-state index in [0.717, 1.165) is 11.3 Å². The molecule has 1 amide bonds. The first kappa shape index (κ1) is 17.7. The molecule has 0 heterocycles. The first-order chi connectivity index (χ1) is 11.4. The van der Waals surface area contributed by atoms with Crippen molar-refractivity contribution < 1.29 is 9.53 Å². The largest absolute Gasteiger partial charge is 0.484 e. The second kappa shape index (κ2) is 8.29. The van der Waals surface area contributed by atoms with Gasteiger partial charge in [-0.15, -0.1) is 0 Å². The van der Waals surface area contributed by atoms with E-state index in [-0.39, 0.29) is 18.6 Å². The van der Waals surface area contributed by atoms with Gasteiger partial charge in [-0.25, -0.2) is 0 Å². The average molecular weight is 324 g/mol. The van der Waals surface area contributed by atoms with Gasteiger partial charge in [0.1, 0.15) is 5.75 Å². The minimum absolute atomic E-state index is 0.0221. The second-order valence-corrected chi connectivity index (χ2v) is 6.11. The van der Waals surface area contributed by atoms with Gasteiger partial charge in [0.2, 0.25) is 0 Å². The maximum absolute atomic E-state index is 11.5. The molecule has 2 aromatic rings. The molecule has 0 aliphatic rings. The van der Waals surface area contributed by atoms with Crippen molar-refractivity contribution in [2.45, 2.75) is 33.7 Å². The summed E-state index contributed by atoms with van der Waals surface area (Å²) < 4.78 is 5.46. The van der Waals surface area contributed by atoms with E-state index in [1.165, 1.54) is 11.1 Å². The quantitative estimate of drug-likeness (QED) is 0.818. The summed E-state index contributed by atoms with van der Waals surface area (Å²) in [5.74, 6) is 0.544. The van der Waals surface area contributed by atoms with Crippen LogP contribution >= 0.6 is 0 Å². The van der Waals surface area contributed by atoms with E-state index in [9.17, 15) is 4.79 Å². The molecule has 0 saturated heterocycles. The maximum atomic E-state index is 11.5. The monoisotopic (exact) mass is 324 g/mol. The Bertz CT molecular complexity index is 719. The molecule has 0 bridgehead atoms. The molecule has 4 heteroatoms. The molecule has 0 radical (unpaired) electrons. The molecule has 0 aromatic heterocycles. The van der Waals surface area contributed by atoms with Crippen molar-refractivity contribution in [3.8, 4) is 5.75 Å². The molecule has 126 valence electrons.